The Morgan fingerprint density at radius 1 is 1.40 bits per heavy atom. The van der Waals surface area contributed by atoms with E-state index in [9.17, 15) is 15.0 Å². The highest BCUT2D eigenvalue weighted by Crippen LogP contribution is 2.27. The number of hydrogen-bond donors (Lipinski definition) is 4. The Morgan fingerprint density at radius 3 is 2.55 bits per heavy atom. The minimum absolute atomic E-state index is 0.0491. The van der Waals surface area contributed by atoms with Crippen LogP contribution in [0.15, 0.2) is 17.1 Å². The Bertz CT molecular complexity index is 593. The molecular weight excluding hydrogens is 266 g/mol. The van der Waals surface area contributed by atoms with Gasteiger partial charge >= 0.3 is 5.69 Å². The zero-order valence-corrected chi connectivity index (χ0v) is 11.3. The number of nitrogens with zero attached hydrogens (tertiary/aromatic N) is 2. The number of aliphatic hydroxyl groups is 3. The molecule has 1 saturated heterocycles. The van der Waals surface area contributed by atoms with Crippen molar-refractivity contribution in [2.24, 2.45) is 0 Å². The van der Waals surface area contributed by atoms with E-state index in [2.05, 4.69) is 0 Å². The largest absolute Gasteiger partial charge is 0.394 e. The fraction of sp³-hybridized carbons (Fsp3) is 0.667. The van der Waals surface area contributed by atoms with Crippen LogP contribution >= 0.6 is 0 Å². The van der Waals surface area contributed by atoms with Crippen molar-refractivity contribution >= 4 is 0 Å². The Labute approximate surface area is 115 Å². The lowest BCUT2D eigenvalue weighted by Gasteiger charge is -2.20. The van der Waals surface area contributed by atoms with Gasteiger partial charge in [-0.25, -0.2) is 4.79 Å². The maximum absolute atomic E-state index is 12.3. The van der Waals surface area contributed by atoms with E-state index in [-0.39, 0.29) is 11.5 Å². The molecule has 1 fully saturated rings. The number of nitrogens with one attached hydrogen (secondary N) is 1. The van der Waals surface area contributed by atoms with Crippen LogP contribution in [0.3, 0.4) is 0 Å². The third-order valence-corrected chi connectivity index (χ3v) is 3.39. The first kappa shape index (κ1) is 14.9. The van der Waals surface area contributed by atoms with Gasteiger partial charge in [-0.05, 0) is 19.9 Å². The number of aliphatic hydroxyl groups excluding tert-OH is 3. The Morgan fingerprint density at radius 2 is 2.05 bits per heavy atom. The van der Waals surface area contributed by atoms with Gasteiger partial charge in [0.1, 0.15) is 23.8 Å². The molecule has 20 heavy (non-hydrogen) atoms. The van der Waals surface area contributed by atoms with Crippen molar-refractivity contribution in [2.75, 3.05) is 6.61 Å². The van der Waals surface area contributed by atoms with E-state index >= 15 is 0 Å². The first-order valence-electron chi connectivity index (χ1n) is 6.39. The molecule has 0 aromatic carbocycles. The van der Waals surface area contributed by atoms with Crippen molar-refractivity contribution in [1.82, 2.24) is 9.13 Å². The molecule has 1 aliphatic heterocycles. The summed E-state index contributed by atoms with van der Waals surface area (Å²) in [5.74, 6) is 0. The molecule has 8 nitrogen and oxygen atoms in total. The van der Waals surface area contributed by atoms with Gasteiger partial charge in [0.2, 0.25) is 0 Å². The van der Waals surface area contributed by atoms with Gasteiger partial charge < -0.3 is 20.1 Å². The van der Waals surface area contributed by atoms with Gasteiger partial charge in [-0.15, -0.1) is 0 Å². The van der Waals surface area contributed by atoms with Crippen LogP contribution in [0.4, 0.5) is 0 Å². The van der Waals surface area contributed by atoms with Crippen molar-refractivity contribution < 1.29 is 20.1 Å². The molecule has 1 aromatic rings. The predicted molar refractivity (Wildman–Crippen MR) is 67.9 cm³/mol. The van der Waals surface area contributed by atoms with E-state index in [4.69, 9.17) is 15.3 Å². The smallest absolute Gasteiger partial charge is 0.332 e. The molecule has 1 aromatic heterocycles. The third kappa shape index (κ3) is 2.31. The number of hydrogen-bond acceptors (Lipinski definition) is 6. The van der Waals surface area contributed by atoms with Crippen LogP contribution in [0.25, 0.3) is 0 Å². The van der Waals surface area contributed by atoms with Gasteiger partial charge in [-0.2, -0.15) is 0 Å². The summed E-state index contributed by atoms with van der Waals surface area (Å²) in [5, 5.41) is 36.4. The summed E-state index contributed by atoms with van der Waals surface area (Å²) in [6, 6.07) is 1.19. The zero-order chi connectivity index (χ0) is 15.0. The van der Waals surface area contributed by atoms with E-state index < -0.39 is 36.8 Å². The molecule has 0 bridgehead atoms. The van der Waals surface area contributed by atoms with Crippen LogP contribution in [-0.2, 0) is 4.74 Å². The van der Waals surface area contributed by atoms with Crippen molar-refractivity contribution in [3.05, 3.63) is 28.2 Å². The van der Waals surface area contributed by atoms with Crippen LogP contribution in [0, 0.1) is 5.41 Å². The average Bonchev–Trinajstić information content (AvgIpc) is 2.66. The van der Waals surface area contributed by atoms with Gasteiger partial charge in [0, 0.05) is 12.2 Å². The van der Waals surface area contributed by atoms with Crippen LogP contribution in [0.5, 0.6) is 0 Å². The number of aromatic nitrogens is 2. The predicted octanol–water partition coefficient (Wildman–Crippen LogP) is -1.68. The van der Waals surface area contributed by atoms with E-state index in [0.717, 1.165) is 4.57 Å². The lowest BCUT2D eigenvalue weighted by Crippen LogP contribution is -2.43. The molecule has 2 heterocycles. The van der Waals surface area contributed by atoms with Gasteiger partial charge in [0.05, 0.1) is 6.61 Å². The molecule has 4 N–H and O–H groups in total. The quantitative estimate of drug-likeness (QED) is 0.529. The molecule has 0 saturated carbocycles. The molecule has 112 valence electrons. The summed E-state index contributed by atoms with van der Waals surface area (Å²) < 4.78 is 7.69. The second-order valence-corrected chi connectivity index (χ2v) is 5.08. The molecule has 8 heteroatoms. The van der Waals surface area contributed by atoms with E-state index in [1.807, 2.05) is 0 Å². The van der Waals surface area contributed by atoms with Crippen molar-refractivity contribution in [2.45, 2.75) is 44.4 Å². The first-order valence-corrected chi connectivity index (χ1v) is 6.39. The fourth-order valence-corrected chi connectivity index (χ4v) is 2.32. The van der Waals surface area contributed by atoms with Gasteiger partial charge in [0.25, 0.3) is 0 Å². The summed E-state index contributed by atoms with van der Waals surface area (Å²) in [7, 11) is 0. The maximum atomic E-state index is 12.3. The average molecular weight is 285 g/mol. The highest BCUT2D eigenvalue weighted by molar-refractivity contribution is 4.94. The highest BCUT2D eigenvalue weighted by Gasteiger charge is 2.43. The summed E-state index contributed by atoms with van der Waals surface area (Å²) >= 11 is 0. The monoisotopic (exact) mass is 285 g/mol. The standard InChI is InChI=1S/C12H19N3O5/c1-6(2)15-8(13)3-4-14(12(15)19)11-10(18)9(17)7(5-16)20-11/h3-4,6-7,9-11,13,16-18H,5H2,1-2H3/t7-,9?,10-,11-/m1/s1. The third-order valence-electron chi connectivity index (χ3n) is 3.39. The molecule has 4 atom stereocenters. The fourth-order valence-electron chi connectivity index (χ4n) is 2.32. The Kier molecular flexibility index (Phi) is 4.09. The second kappa shape index (κ2) is 5.49. The SMILES string of the molecule is CC(C)n1c(=N)ccn([C@@H]2O[C@H](CO)C(O)[C@H]2O)c1=O. The molecule has 1 aliphatic rings. The Hall–Kier alpha value is -1.48. The summed E-state index contributed by atoms with van der Waals surface area (Å²) in [4.78, 5) is 12.3. The number of ether oxygens (including phenoxy) is 1. The molecule has 2 rings (SSSR count). The molecular formula is C12H19N3O5. The molecule has 0 spiro atoms. The molecule has 0 amide bonds. The van der Waals surface area contributed by atoms with E-state index in [0.29, 0.717) is 0 Å². The Balaban J connectivity index is 2.47. The van der Waals surface area contributed by atoms with E-state index in [1.54, 1.807) is 13.8 Å². The van der Waals surface area contributed by atoms with Crippen LogP contribution in [0.2, 0.25) is 0 Å². The molecule has 1 unspecified atom stereocenters. The second-order valence-electron chi connectivity index (χ2n) is 5.08. The van der Waals surface area contributed by atoms with Crippen LogP contribution < -0.4 is 11.2 Å². The van der Waals surface area contributed by atoms with Crippen molar-refractivity contribution in [1.29, 1.82) is 5.41 Å². The molecule has 0 aliphatic carbocycles. The molecule has 0 radical (unpaired) electrons. The van der Waals surface area contributed by atoms with Gasteiger partial charge in [-0.1, -0.05) is 0 Å². The minimum atomic E-state index is -1.32. The van der Waals surface area contributed by atoms with Gasteiger partial charge in [-0.3, -0.25) is 14.5 Å². The lowest BCUT2D eigenvalue weighted by atomic mass is 10.1. The lowest BCUT2D eigenvalue weighted by molar-refractivity contribution is -0.0557. The minimum Gasteiger partial charge on any atom is -0.394 e. The van der Waals surface area contributed by atoms with Crippen molar-refractivity contribution in [3.8, 4) is 0 Å². The summed E-state index contributed by atoms with van der Waals surface area (Å²) in [5.41, 5.74) is -0.463. The zero-order valence-electron chi connectivity index (χ0n) is 11.3. The van der Waals surface area contributed by atoms with E-state index in [1.165, 1.54) is 16.8 Å². The number of rotatable bonds is 3. The van der Waals surface area contributed by atoms with Gasteiger partial charge in [0.15, 0.2) is 6.23 Å². The topological polar surface area (TPSA) is 121 Å². The maximum Gasteiger partial charge on any atom is 0.332 e. The normalized spacial score (nSPS) is 30.1. The first-order chi connectivity index (χ1) is 9.38. The van der Waals surface area contributed by atoms with Crippen LogP contribution in [-0.4, -0.2) is 49.4 Å². The summed E-state index contributed by atoms with van der Waals surface area (Å²) in [6.07, 6.45) is -3.27. The van der Waals surface area contributed by atoms with Crippen molar-refractivity contribution in [3.63, 3.8) is 0 Å². The summed E-state index contributed by atoms with van der Waals surface area (Å²) in [6.45, 7) is 3.08. The highest BCUT2D eigenvalue weighted by atomic mass is 16.6. The van der Waals surface area contributed by atoms with Crippen LogP contribution in [0.1, 0.15) is 26.1 Å².